The number of sulfone groups is 1. The smallest absolute Gasteiger partial charge is 0.229 e. The molecule has 0 aliphatic rings. The summed E-state index contributed by atoms with van der Waals surface area (Å²) in [6, 6.07) is 8.35. The van der Waals surface area contributed by atoms with Gasteiger partial charge in [-0.15, -0.1) is 0 Å². The van der Waals surface area contributed by atoms with Crippen LogP contribution in [0.25, 0.3) is 0 Å². The van der Waals surface area contributed by atoms with E-state index in [1.54, 1.807) is 12.1 Å². The summed E-state index contributed by atoms with van der Waals surface area (Å²) in [5.41, 5.74) is 1.02. The van der Waals surface area contributed by atoms with Crippen LogP contribution >= 0.6 is 0 Å². The van der Waals surface area contributed by atoms with Crippen molar-refractivity contribution in [3.05, 3.63) is 36.0 Å². The zero-order valence-electron chi connectivity index (χ0n) is 13.7. The Labute approximate surface area is 141 Å². The lowest BCUT2D eigenvalue weighted by Gasteiger charge is -2.11. The fraction of sp³-hybridized carbons (Fsp3) is 0.312. The topological polar surface area (TPSA) is 108 Å². The number of rotatable bonds is 6. The molecule has 0 saturated carbocycles. The first-order valence-electron chi connectivity index (χ1n) is 7.37. The number of benzene rings is 1. The van der Waals surface area contributed by atoms with Gasteiger partial charge in [0, 0.05) is 18.5 Å². The molecule has 0 fully saturated rings. The largest absolute Gasteiger partial charge is 0.369 e. The maximum absolute atomic E-state index is 11.5. The zero-order chi connectivity index (χ0) is 17.7. The third kappa shape index (κ3) is 4.67. The summed E-state index contributed by atoms with van der Waals surface area (Å²) in [7, 11) is -3.23. The van der Waals surface area contributed by atoms with Crippen molar-refractivity contribution in [2.24, 2.45) is 5.92 Å². The van der Waals surface area contributed by atoms with E-state index in [9.17, 15) is 8.42 Å². The molecule has 0 bridgehead atoms. The maximum Gasteiger partial charge on any atom is 0.229 e. The van der Waals surface area contributed by atoms with Crippen LogP contribution in [0, 0.1) is 17.2 Å². The summed E-state index contributed by atoms with van der Waals surface area (Å²) < 4.78 is 22.9. The van der Waals surface area contributed by atoms with Gasteiger partial charge in [-0.1, -0.05) is 13.8 Å². The van der Waals surface area contributed by atoms with Crippen LogP contribution in [0.15, 0.2) is 35.4 Å². The highest BCUT2D eigenvalue weighted by Gasteiger charge is 2.09. The Morgan fingerprint density at radius 2 is 1.92 bits per heavy atom. The minimum Gasteiger partial charge on any atom is -0.369 e. The minimum atomic E-state index is -3.23. The van der Waals surface area contributed by atoms with Crippen LogP contribution in [0.3, 0.4) is 0 Å². The van der Waals surface area contributed by atoms with Gasteiger partial charge in [0.25, 0.3) is 0 Å². The molecule has 126 valence electrons. The number of nitrogens with zero attached hydrogens (tertiary/aromatic N) is 3. The normalized spacial score (nSPS) is 11.1. The highest BCUT2D eigenvalue weighted by molar-refractivity contribution is 7.90. The molecule has 0 aliphatic heterocycles. The molecule has 2 N–H and O–H groups in total. The molecule has 0 amide bonds. The van der Waals surface area contributed by atoms with Crippen LogP contribution in [0.2, 0.25) is 0 Å². The van der Waals surface area contributed by atoms with Crippen LogP contribution in [0.5, 0.6) is 0 Å². The Balaban J connectivity index is 2.20. The van der Waals surface area contributed by atoms with Crippen molar-refractivity contribution in [1.29, 1.82) is 5.26 Å². The fourth-order valence-electron chi connectivity index (χ4n) is 1.87. The molecule has 2 rings (SSSR count). The second-order valence-electron chi connectivity index (χ2n) is 5.76. The van der Waals surface area contributed by atoms with E-state index >= 15 is 0 Å². The minimum absolute atomic E-state index is 0.244. The van der Waals surface area contributed by atoms with E-state index in [0.717, 1.165) is 6.26 Å². The number of nitrogens with one attached hydrogen (secondary N) is 2. The molecule has 0 atom stereocenters. The second kappa shape index (κ2) is 7.27. The first-order valence-corrected chi connectivity index (χ1v) is 9.27. The molecule has 8 heteroatoms. The second-order valence-corrected chi connectivity index (χ2v) is 7.78. The standard InChI is InChI=1S/C16H19N5O2S/c1-11(2)9-18-15-12(8-17)10-19-16(21-15)20-13-4-6-14(7-5-13)24(3,22)23/h4-7,10-11H,9H2,1-3H3,(H2,18,19,20,21). The lowest BCUT2D eigenvalue weighted by Crippen LogP contribution is -2.12. The maximum atomic E-state index is 11.5. The van der Waals surface area contributed by atoms with Gasteiger partial charge < -0.3 is 10.6 Å². The SMILES string of the molecule is CC(C)CNc1nc(Nc2ccc(S(C)(=O)=O)cc2)ncc1C#N. The lowest BCUT2D eigenvalue weighted by atomic mass is 10.2. The zero-order valence-corrected chi connectivity index (χ0v) is 14.6. The van der Waals surface area contributed by atoms with Crippen molar-refractivity contribution in [2.75, 3.05) is 23.4 Å². The number of aromatic nitrogens is 2. The monoisotopic (exact) mass is 345 g/mol. The Hall–Kier alpha value is -2.66. The van der Waals surface area contributed by atoms with E-state index in [1.807, 2.05) is 0 Å². The molecular weight excluding hydrogens is 326 g/mol. The molecule has 2 aromatic rings. The summed E-state index contributed by atoms with van der Waals surface area (Å²) in [5, 5.41) is 15.2. The van der Waals surface area contributed by atoms with Crippen LogP contribution in [-0.2, 0) is 9.84 Å². The fourth-order valence-corrected chi connectivity index (χ4v) is 2.50. The van der Waals surface area contributed by atoms with Gasteiger partial charge in [-0.05, 0) is 30.2 Å². The molecule has 0 saturated heterocycles. The molecule has 24 heavy (non-hydrogen) atoms. The lowest BCUT2D eigenvalue weighted by molar-refractivity contribution is 0.602. The average Bonchev–Trinajstić information content (AvgIpc) is 2.52. The number of nitriles is 1. The molecule has 7 nitrogen and oxygen atoms in total. The molecule has 0 aliphatic carbocycles. The summed E-state index contributed by atoms with van der Waals surface area (Å²) in [6.45, 7) is 4.81. The van der Waals surface area contributed by atoms with Crippen LogP contribution in [-0.4, -0.2) is 31.2 Å². The molecular formula is C16H19N5O2S. The third-order valence-corrected chi connectivity index (χ3v) is 4.25. The van der Waals surface area contributed by atoms with Gasteiger partial charge in [0.1, 0.15) is 17.5 Å². The van der Waals surface area contributed by atoms with Gasteiger partial charge >= 0.3 is 0 Å². The molecule has 0 radical (unpaired) electrons. The van der Waals surface area contributed by atoms with E-state index < -0.39 is 9.84 Å². The number of anilines is 3. The first kappa shape index (κ1) is 17.7. The predicted molar refractivity (Wildman–Crippen MR) is 92.9 cm³/mol. The Morgan fingerprint density at radius 3 is 2.46 bits per heavy atom. The van der Waals surface area contributed by atoms with Gasteiger partial charge in [0.2, 0.25) is 5.95 Å². The summed E-state index contributed by atoms with van der Waals surface area (Å²) in [4.78, 5) is 8.65. The molecule has 0 spiro atoms. The quantitative estimate of drug-likeness (QED) is 0.828. The van der Waals surface area contributed by atoms with Crippen molar-refractivity contribution in [3.8, 4) is 6.07 Å². The molecule has 0 unspecified atom stereocenters. The summed E-state index contributed by atoms with van der Waals surface area (Å²) in [5.74, 6) is 1.20. The van der Waals surface area contributed by atoms with Gasteiger partial charge in [-0.2, -0.15) is 10.2 Å². The highest BCUT2D eigenvalue weighted by atomic mass is 32.2. The first-order chi connectivity index (χ1) is 11.3. The Morgan fingerprint density at radius 1 is 1.25 bits per heavy atom. The van der Waals surface area contributed by atoms with Crippen molar-refractivity contribution in [1.82, 2.24) is 9.97 Å². The van der Waals surface area contributed by atoms with Crippen molar-refractivity contribution < 1.29 is 8.42 Å². The molecule has 1 heterocycles. The van der Waals surface area contributed by atoms with Crippen molar-refractivity contribution in [2.45, 2.75) is 18.7 Å². The average molecular weight is 345 g/mol. The third-order valence-electron chi connectivity index (χ3n) is 3.13. The van der Waals surface area contributed by atoms with Crippen LogP contribution in [0.1, 0.15) is 19.4 Å². The molecule has 1 aromatic heterocycles. The predicted octanol–water partition coefficient (Wildman–Crippen LogP) is 2.56. The van der Waals surface area contributed by atoms with Crippen molar-refractivity contribution in [3.63, 3.8) is 0 Å². The number of hydrogen-bond donors (Lipinski definition) is 2. The number of hydrogen-bond acceptors (Lipinski definition) is 7. The van der Waals surface area contributed by atoms with E-state index in [4.69, 9.17) is 5.26 Å². The Kier molecular flexibility index (Phi) is 5.36. The van der Waals surface area contributed by atoms with Gasteiger partial charge in [0.05, 0.1) is 11.1 Å². The van der Waals surface area contributed by atoms with E-state index in [1.165, 1.54) is 18.3 Å². The summed E-state index contributed by atoms with van der Waals surface area (Å²) in [6.07, 6.45) is 2.61. The van der Waals surface area contributed by atoms with Gasteiger partial charge in [-0.3, -0.25) is 0 Å². The van der Waals surface area contributed by atoms with Crippen molar-refractivity contribution >= 4 is 27.3 Å². The summed E-state index contributed by atoms with van der Waals surface area (Å²) >= 11 is 0. The van der Waals surface area contributed by atoms with E-state index in [-0.39, 0.29) is 4.90 Å². The Bertz CT molecular complexity index is 855. The van der Waals surface area contributed by atoms with E-state index in [0.29, 0.717) is 35.5 Å². The highest BCUT2D eigenvalue weighted by Crippen LogP contribution is 2.19. The van der Waals surface area contributed by atoms with E-state index in [2.05, 4.69) is 40.5 Å². The molecule has 1 aromatic carbocycles. The van der Waals surface area contributed by atoms with Gasteiger partial charge in [-0.25, -0.2) is 13.4 Å². The van der Waals surface area contributed by atoms with Crippen LogP contribution < -0.4 is 10.6 Å². The van der Waals surface area contributed by atoms with Gasteiger partial charge in [0.15, 0.2) is 9.84 Å². The van der Waals surface area contributed by atoms with Crippen LogP contribution in [0.4, 0.5) is 17.5 Å².